The zero-order chi connectivity index (χ0) is 11.5. The van der Waals surface area contributed by atoms with Crippen molar-refractivity contribution in [2.75, 3.05) is 13.2 Å². The highest BCUT2D eigenvalue weighted by atomic mass is 16.5. The summed E-state index contributed by atoms with van der Waals surface area (Å²) in [5.74, 6) is -0.102. The van der Waals surface area contributed by atoms with Gasteiger partial charge < -0.3 is 9.84 Å². The predicted octanol–water partition coefficient (Wildman–Crippen LogP) is 0.251. The van der Waals surface area contributed by atoms with E-state index in [1.165, 1.54) is 0 Å². The van der Waals surface area contributed by atoms with E-state index >= 15 is 0 Å². The van der Waals surface area contributed by atoms with Crippen LogP contribution in [0.4, 0.5) is 0 Å². The van der Waals surface area contributed by atoms with Gasteiger partial charge in [-0.15, -0.1) is 5.10 Å². The minimum Gasteiger partial charge on any atom is -0.460 e. The van der Waals surface area contributed by atoms with Crippen LogP contribution in [-0.4, -0.2) is 39.5 Å². The van der Waals surface area contributed by atoms with E-state index in [-0.39, 0.29) is 19.0 Å². The molecule has 0 aliphatic heterocycles. The number of rotatable bonds is 4. The molecule has 0 spiro atoms. The van der Waals surface area contributed by atoms with Crippen molar-refractivity contribution in [3.05, 3.63) is 11.6 Å². The van der Waals surface area contributed by atoms with Gasteiger partial charge in [0.15, 0.2) is 0 Å². The molecule has 6 nitrogen and oxygen atoms in total. The molecular formula is C9H15N3O3. The molecule has 0 aliphatic rings. The van der Waals surface area contributed by atoms with Crippen LogP contribution >= 0.6 is 0 Å². The first-order chi connectivity index (χ1) is 7.01. The van der Waals surface area contributed by atoms with E-state index in [9.17, 15) is 4.79 Å². The molecule has 0 unspecified atom stereocenters. The molecule has 0 fully saturated rings. The molecule has 2 N–H and O–H groups in total. The molecule has 0 aromatic carbocycles. The van der Waals surface area contributed by atoms with Crippen LogP contribution in [0.2, 0.25) is 0 Å². The highest BCUT2D eigenvalue weighted by molar-refractivity contribution is 5.84. The molecule has 6 heteroatoms. The summed E-state index contributed by atoms with van der Waals surface area (Å²) >= 11 is 0. The molecule has 1 aromatic rings. The van der Waals surface area contributed by atoms with Crippen molar-refractivity contribution in [2.45, 2.75) is 26.2 Å². The Kier molecular flexibility index (Phi) is 3.41. The number of aromatic amines is 1. The highest BCUT2D eigenvalue weighted by Gasteiger charge is 2.25. The van der Waals surface area contributed by atoms with Gasteiger partial charge in [-0.25, -0.2) is 9.78 Å². The van der Waals surface area contributed by atoms with E-state index in [4.69, 9.17) is 9.84 Å². The van der Waals surface area contributed by atoms with Crippen molar-refractivity contribution in [1.82, 2.24) is 15.2 Å². The van der Waals surface area contributed by atoms with Crippen LogP contribution in [0.5, 0.6) is 0 Å². The van der Waals surface area contributed by atoms with Crippen molar-refractivity contribution in [3.8, 4) is 0 Å². The third-order valence-electron chi connectivity index (χ3n) is 1.98. The monoisotopic (exact) mass is 213 g/mol. The van der Waals surface area contributed by atoms with Crippen molar-refractivity contribution >= 4 is 5.97 Å². The maximum absolute atomic E-state index is 11.2. The number of nitrogens with one attached hydrogen (secondary N) is 1. The number of carbonyl (C=O) groups excluding carboxylic acids is 1. The predicted molar refractivity (Wildman–Crippen MR) is 52.5 cm³/mol. The van der Waals surface area contributed by atoms with Crippen LogP contribution in [0, 0.1) is 0 Å². The fourth-order valence-corrected chi connectivity index (χ4v) is 0.926. The van der Waals surface area contributed by atoms with Crippen LogP contribution in [-0.2, 0) is 10.2 Å². The number of aliphatic hydroxyl groups excluding tert-OH is 1. The lowest BCUT2D eigenvalue weighted by molar-refractivity contribution is 0.0512. The maximum atomic E-state index is 11.2. The number of H-pyrrole nitrogens is 1. The highest BCUT2D eigenvalue weighted by Crippen LogP contribution is 2.17. The summed E-state index contributed by atoms with van der Waals surface area (Å²) < 4.78 is 4.74. The van der Waals surface area contributed by atoms with E-state index in [1.807, 2.05) is 0 Å². The zero-order valence-corrected chi connectivity index (χ0v) is 9.07. The maximum Gasteiger partial charge on any atom is 0.378 e. The summed E-state index contributed by atoms with van der Waals surface area (Å²) in [6.07, 6.45) is 0. The Balaban J connectivity index is 2.85. The second-order valence-corrected chi connectivity index (χ2v) is 3.77. The smallest absolute Gasteiger partial charge is 0.378 e. The number of nitrogens with zero attached hydrogens (tertiary/aromatic N) is 2. The topological polar surface area (TPSA) is 88.1 Å². The Morgan fingerprint density at radius 3 is 2.80 bits per heavy atom. The number of aromatic nitrogens is 3. The number of esters is 1. The Hall–Kier alpha value is -1.43. The zero-order valence-electron chi connectivity index (χ0n) is 9.07. The Bertz CT molecular complexity index is 346. The summed E-state index contributed by atoms with van der Waals surface area (Å²) in [5, 5.41) is 15.4. The number of ether oxygens (including phenoxy) is 1. The molecule has 0 aliphatic carbocycles. The molecule has 1 rings (SSSR count). The van der Waals surface area contributed by atoms with Gasteiger partial charge in [0.2, 0.25) is 0 Å². The van der Waals surface area contributed by atoms with Crippen LogP contribution in [0.25, 0.3) is 0 Å². The second kappa shape index (κ2) is 4.39. The lowest BCUT2D eigenvalue weighted by Gasteiger charge is -2.16. The fourth-order valence-electron chi connectivity index (χ4n) is 0.926. The minimum absolute atomic E-state index is 0.00613. The van der Waals surface area contributed by atoms with Crippen molar-refractivity contribution in [1.29, 1.82) is 0 Å². The summed E-state index contributed by atoms with van der Waals surface area (Å²) in [7, 11) is 0. The first-order valence-corrected chi connectivity index (χ1v) is 4.72. The summed E-state index contributed by atoms with van der Waals surface area (Å²) in [4.78, 5) is 15.2. The average molecular weight is 213 g/mol. The van der Waals surface area contributed by atoms with Gasteiger partial charge in [0.1, 0.15) is 5.82 Å². The Labute approximate surface area is 87.7 Å². The van der Waals surface area contributed by atoms with Crippen molar-refractivity contribution < 1.29 is 14.6 Å². The van der Waals surface area contributed by atoms with E-state index < -0.39 is 11.4 Å². The van der Waals surface area contributed by atoms with Gasteiger partial charge in [0.25, 0.3) is 5.82 Å². The molecule has 0 saturated heterocycles. The van der Waals surface area contributed by atoms with Crippen LogP contribution in [0.15, 0.2) is 0 Å². The van der Waals surface area contributed by atoms with Gasteiger partial charge in [-0.05, 0) is 6.92 Å². The number of carbonyl (C=O) groups is 1. The van der Waals surface area contributed by atoms with Crippen molar-refractivity contribution in [3.63, 3.8) is 0 Å². The first kappa shape index (κ1) is 11.6. The van der Waals surface area contributed by atoms with Gasteiger partial charge in [-0.1, -0.05) is 13.8 Å². The minimum atomic E-state index is -0.561. The number of hydrogen-bond acceptors (Lipinski definition) is 5. The lowest BCUT2D eigenvalue weighted by Crippen LogP contribution is -2.24. The largest absolute Gasteiger partial charge is 0.460 e. The lowest BCUT2D eigenvalue weighted by atomic mass is 9.94. The third-order valence-corrected chi connectivity index (χ3v) is 1.98. The fraction of sp³-hybridized carbons (Fsp3) is 0.667. The molecule has 0 amide bonds. The molecule has 84 valence electrons. The molecule has 0 bridgehead atoms. The molecule has 15 heavy (non-hydrogen) atoms. The summed E-state index contributed by atoms with van der Waals surface area (Å²) in [6, 6.07) is 0. The van der Waals surface area contributed by atoms with Crippen molar-refractivity contribution in [2.24, 2.45) is 0 Å². The van der Waals surface area contributed by atoms with Gasteiger partial charge in [-0.2, -0.15) is 0 Å². The Morgan fingerprint density at radius 1 is 1.60 bits per heavy atom. The van der Waals surface area contributed by atoms with Crippen LogP contribution < -0.4 is 0 Å². The Morgan fingerprint density at radius 2 is 2.27 bits per heavy atom. The number of aliphatic hydroxyl groups is 1. The molecular weight excluding hydrogens is 198 g/mol. The standard InChI is InChI=1S/C9H15N3O3/c1-4-15-7(14)6-10-8(12-11-6)9(2,3)5-13/h13H,4-5H2,1-3H3,(H,10,11,12). The second-order valence-electron chi connectivity index (χ2n) is 3.77. The van der Waals surface area contributed by atoms with E-state index in [0.29, 0.717) is 5.82 Å². The molecule has 0 radical (unpaired) electrons. The molecule has 0 saturated carbocycles. The number of hydrogen-bond donors (Lipinski definition) is 2. The van der Waals surface area contributed by atoms with E-state index in [2.05, 4.69) is 15.2 Å². The molecule has 0 atom stereocenters. The average Bonchev–Trinajstić information content (AvgIpc) is 2.67. The van der Waals surface area contributed by atoms with E-state index in [1.54, 1.807) is 20.8 Å². The molecule has 1 heterocycles. The van der Waals surface area contributed by atoms with Gasteiger partial charge in [0.05, 0.1) is 13.2 Å². The van der Waals surface area contributed by atoms with Gasteiger partial charge >= 0.3 is 5.97 Å². The third kappa shape index (κ3) is 2.53. The van der Waals surface area contributed by atoms with Gasteiger partial charge in [0, 0.05) is 5.41 Å². The quantitative estimate of drug-likeness (QED) is 0.700. The normalized spacial score (nSPS) is 11.5. The summed E-state index contributed by atoms with van der Waals surface area (Å²) in [6.45, 7) is 5.50. The first-order valence-electron chi connectivity index (χ1n) is 4.72. The SMILES string of the molecule is CCOC(=O)c1n[nH]c(C(C)(C)CO)n1. The van der Waals surface area contributed by atoms with Crippen LogP contribution in [0.1, 0.15) is 37.2 Å². The summed E-state index contributed by atoms with van der Waals surface area (Å²) in [5.41, 5.74) is -0.544. The molecule has 1 aromatic heterocycles. The van der Waals surface area contributed by atoms with E-state index in [0.717, 1.165) is 0 Å². The van der Waals surface area contributed by atoms with Gasteiger partial charge in [-0.3, -0.25) is 5.10 Å². The van der Waals surface area contributed by atoms with Crippen LogP contribution in [0.3, 0.4) is 0 Å².